The SMILES string of the molecule is N#Cc1ccccc1-c1ccc2c(c1)c1cc(-c3ccccc3C#N)ccc1n2-c1cc(-c2nc(-c3ccccc3)nc(-c3ccccc3)n2)ccc1-c1ccccc1C(F)(F)F. The summed E-state index contributed by atoms with van der Waals surface area (Å²) in [5.41, 5.74) is 7.65. The number of nitrogens with zero attached hydrogens (tertiary/aromatic N) is 6. The van der Waals surface area contributed by atoms with Crippen LogP contribution in [-0.4, -0.2) is 19.5 Å². The topological polar surface area (TPSA) is 91.2 Å². The highest BCUT2D eigenvalue weighted by Gasteiger charge is 2.34. The maximum absolute atomic E-state index is 14.9. The Morgan fingerprint density at radius 2 is 0.825 bits per heavy atom. The van der Waals surface area contributed by atoms with Crippen LogP contribution in [0.15, 0.2) is 188 Å². The second-order valence-corrected chi connectivity index (χ2v) is 14.9. The first-order valence-electron chi connectivity index (χ1n) is 20.0. The molecule has 0 spiro atoms. The maximum Gasteiger partial charge on any atom is 0.417 e. The maximum atomic E-state index is 14.9. The van der Waals surface area contributed by atoms with Crippen molar-refractivity contribution in [3.05, 3.63) is 205 Å². The number of aromatic nitrogens is 4. The van der Waals surface area contributed by atoms with Crippen molar-refractivity contribution in [2.24, 2.45) is 0 Å². The third-order valence-corrected chi connectivity index (χ3v) is 11.2. The summed E-state index contributed by atoms with van der Waals surface area (Å²) in [5.74, 6) is 1.23. The van der Waals surface area contributed by atoms with Crippen LogP contribution in [0.5, 0.6) is 0 Å². The largest absolute Gasteiger partial charge is 0.417 e. The lowest BCUT2D eigenvalue weighted by Crippen LogP contribution is -2.08. The predicted octanol–water partition coefficient (Wildman–Crippen LogP) is 13.7. The molecule has 10 aromatic rings. The van der Waals surface area contributed by atoms with E-state index in [0.29, 0.717) is 56.4 Å². The molecule has 0 amide bonds. The lowest BCUT2D eigenvalue weighted by Gasteiger charge is -2.19. The fourth-order valence-corrected chi connectivity index (χ4v) is 8.27. The van der Waals surface area contributed by atoms with E-state index < -0.39 is 11.7 Å². The van der Waals surface area contributed by atoms with Crippen molar-refractivity contribution in [3.8, 4) is 85.4 Å². The van der Waals surface area contributed by atoms with E-state index in [2.05, 4.69) is 12.1 Å². The van der Waals surface area contributed by atoms with Crippen LogP contribution < -0.4 is 0 Å². The Bertz CT molecular complexity index is 3300. The van der Waals surface area contributed by atoms with E-state index in [0.717, 1.165) is 50.2 Å². The highest BCUT2D eigenvalue weighted by Crippen LogP contribution is 2.44. The molecule has 63 heavy (non-hydrogen) atoms. The Balaban J connectivity index is 1.29. The van der Waals surface area contributed by atoms with Gasteiger partial charge in [0, 0.05) is 33.0 Å². The van der Waals surface area contributed by atoms with Gasteiger partial charge in [0.05, 0.1) is 45.5 Å². The van der Waals surface area contributed by atoms with Crippen LogP contribution in [0.4, 0.5) is 13.2 Å². The molecule has 0 bridgehead atoms. The van der Waals surface area contributed by atoms with Crippen molar-refractivity contribution in [2.45, 2.75) is 6.18 Å². The average molecular weight is 821 g/mol. The molecular formula is C54H31F3N6. The minimum absolute atomic E-state index is 0.00582. The summed E-state index contributed by atoms with van der Waals surface area (Å²) in [6.45, 7) is 0. The van der Waals surface area contributed by atoms with Gasteiger partial charge in [0.25, 0.3) is 0 Å². The first-order valence-corrected chi connectivity index (χ1v) is 20.0. The van der Waals surface area contributed by atoms with Crippen molar-refractivity contribution in [3.63, 3.8) is 0 Å². The van der Waals surface area contributed by atoms with E-state index in [1.54, 1.807) is 30.3 Å². The zero-order valence-corrected chi connectivity index (χ0v) is 33.2. The summed E-state index contributed by atoms with van der Waals surface area (Å²) in [4.78, 5) is 14.8. The van der Waals surface area contributed by atoms with E-state index in [4.69, 9.17) is 15.0 Å². The summed E-state index contributed by atoms with van der Waals surface area (Å²) < 4.78 is 46.8. The summed E-state index contributed by atoms with van der Waals surface area (Å²) >= 11 is 0. The quantitative estimate of drug-likeness (QED) is 0.160. The lowest BCUT2D eigenvalue weighted by atomic mass is 9.95. The normalized spacial score (nSPS) is 11.4. The Morgan fingerprint density at radius 1 is 0.397 bits per heavy atom. The minimum atomic E-state index is -4.65. The van der Waals surface area contributed by atoms with Gasteiger partial charge in [-0.25, -0.2) is 15.0 Å². The molecule has 2 heterocycles. The molecule has 0 aliphatic carbocycles. The van der Waals surface area contributed by atoms with E-state index in [-0.39, 0.29) is 5.56 Å². The third kappa shape index (κ3) is 7.04. The van der Waals surface area contributed by atoms with Crippen LogP contribution in [0.3, 0.4) is 0 Å². The van der Waals surface area contributed by atoms with Crippen molar-refractivity contribution >= 4 is 21.8 Å². The molecule has 2 aromatic heterocycles. The van der Waals surface area contributed by atoms with Gasteiger partial charge < -0.3 is 4.57 Å². The van der Waals surface area contributed by atoms with E-state index in [1.807, 2.05) is 144 Å². The molecular weight excluding hydrogens is 790 g/mol. The monoisotopic (exact) mass is 820 g/mol. The van der Waals surface area contributed by atoms with Gasteiger partial charge in [-0.15, -0.1) is 0 Å². The molecule has 0 fully saturated rings. The summed E-state index contributed by atoms with van der Waals surface area (Å²) in [5, 5.41) is 21.7. The molecule has 10 rings (SSSR count). The molecule has 0 saturated carbocycles. The molecule has 0 aliphatic rings. The van der Waals surface area contributed by atoms with Crippen LogP contribution in [0.25, 0.3) is 95.0 Å². The van der Waals surface area contributed by atoms with Crippen LogP contribution in [-0.2, 0) is 6.18 Å². The van der Waals surface area contributed by atoms with Crippen molar-refractivity contribution in [1.29, 1.82) is 10.5 Å². The number of alkyl halides is 3. The molecule has 6 nitrogen and oxygen atoms in total. The Kier molecular flexibility index (Phi) is 9.63. The van der Waals surface area contributed by atoms with Gasteiger partial charge in [-0.2, -0.15) is 23.7 Å². The molecule has 0 N–H and O–H groups in total. The van der Waals surface area contributed by atoms with Crippen LogP contribution >= 0.6 is 0 Å². The molecule has 298 valence electrons. The molecule has 9 heteroatoms. The van der Waals surface area contributed by atoms with Gasteiger partial charge in [-0.05, 0) is 76.3 Å². The van der Waals surface area contributed by atoms with Crippen molar-refractivity contribution in [2.75, 3.05) is 0 Å². The number of nitriles is 2. The molecule has 0 unspecified atom stereocenters. The van der Waals surface area contributed by atoms with Crippen LogP contribution in [0.1, 0.15) is 16.7 Å². The standard InChI is InChI=1S/C54H31F3N6/c55-54(56,57)47-22-12-11-21-43(47)44-26-23-38(53-61-51(34-13-3-1-4-14-34)60-52(62-53)35-15-5-2-6-16-35)31-50(44)63-48-27-24-36(41-19-9-7-17-39(41)32-58)29-45(48)46-30-37(25-28-49(46)63)42-20-10-8-18-40(42)33-59/h1-31H. The van der Waals surface area contributed by atoms with Crippen molar-refractivity contribution < 1.29 is 13.2 Å². The lowest BCUT2D eigenvalue weighted by molar-refractivity contribution is -0.137. The van der Waals surface area contributed by atoms with Gasteiger partial charge >= 0.3 is 6.18 Å². The predicted molar refractivity (Wildman–Crippen MR) is 241 cm³/mol. The number of hydrogen-bond acceptors (Lipinski definition) is 5. The van der Waals surface area contributed by atoms with Gasteiger partial charge in [0.15, 0.2) is 17.5 Å². The smallest absolute Gasteiger partial charge is 0.309 e. The first kappa shape index (κ1) is 38.5. The molecule has 0 radical (unpaired) electrons. The number of fused-ring (bicyclic) bond motifs is 3. The fourth-order valence-electron chi connectivity index (χ4n) is 8.27. The molecule has 8 aromatic carbocycles. The number of benzene rings is 8. The Morgan fingerprint density at radius 3 is 1.32 bits per heavy atom. The Hall–Kier alpha value is -8.66. The minimum Gasteiger partial charge on any atom is -0.309 e. The van der Waals surface area contributed by atoms with Crippen molar-refractivity contribution in [1.82, 2.24) is 19.5 Å². The van der Waals surface area contributed by atoms with Gasteiger partial charge in [-0.3, -0.25) is 0 Å². The van der Waals surface area contributed by atoms with Crippen LogP contribution in [0.2, 0.25) is 0 Å². The molecule has 0 atom stereocenters. The summed E-state index contributed by atoms with van der Waals surface area (Å²) in [6.07, 6.45) is -4.65. The van der Waals surface area contributed by atoms with Gasteiger partial charge in [0.1, 0.15) is 0 Å². The number of halogens is 3. The first-order chi connectivity index (χ1) is 30.8. The number of hydrogen-bond donors (Lipinski definition) is 0. The molecule has 0 aliphatic heterocycles. The van der Waals surface area contributed by atoms with Gasteiger partial charge in [0.2, 0.25) is 0 Å². The second-order valence-electron chi connectivity index (χ2n) is 14.9. The molecule has 0 saturated heterocycles. The summed E-state index contributed by atoms with van der Waals surface area (Å²) in [7, 11) is 0. The zero-order valence-electron chi connectivity index (χ0n) is 33.2. The fraction of sp³-hybridized carbons (Fsp3) is 0.0185. The van der Waals surface area contributed by atoms with Crippen LogP contribution in [0, 0.1) is 22.7 Å². The summed E-state index contributed by atoms with van der Waals surface area (Å²) in [6, 6.07) is 61.1. The Labute approximate surface area is 360 Å². The van der Waals surface area contributed by atoms with E-state index >= 15 is 0 Å². The van der Waals surface area contributed by atoms with Gasteiger partial charge in [-0.1, -0.05) is 140 Å². The second kappa shape index (κ2) is 15.7. The highest BCUT2D eigenvalue weighted by atomic mass is 19.4. The zero-order chi connectivity index (χ0) is 43.1. The van der Waals surface area contributed by atoms with E-state index in [9.17, 15) is 23.7 Å². The third-order valence-electron chi connectivity index (χ3n) is 11.2. The highest BCUT2D eigenvalue weighted by molar-refractivity contribution is 6.12. The van der Waals surface area contributed by atoms with E-state index in [1.165, 1.54) is 12.1 Å². The number of rotatable bonds is 7. The average Bonchev–Trinajstić information content (AvgIpc) is 3.66.